The number of nitrogens with two attached hydrogens (primary N) is 2. The third-order valence-corrected chi connectivity index (χ3v) is 2.86. The quantitative estimate of drug-likeness (QED) is 0.756. The summed E-state index contributed by atoms with van der Waals surface area (Å²) in [6, 6.07) is 9.02. The smallest absolute Gasteiger partial charge is 0.250 e. The summed E-state index contributed by atoms with van der Waals surface area (Å²) >= 11 is 5.68. The highest BCUT2D eigenvalue weighted by Crippen LogP contribution is 2.28. The number of para-hydroxylation sites is 1. The number of carbonyl (C=O) groups is 1. The summed E-state index contributed by atoms with van der Waals surface area (Å²) in [4.78, 5) is 11.2. The lowest BCUT2D eigenvalue weighted by atomic mass is 10.1. The number of halogens is 2. The molecule has 0 aliphatic carbocycles. The summed E-state index contributed by atoms with van der Waals surface area (Å²) in [5, 5.41) is 2.95. The van der Waals surface area contributed by atoms with E-state index in [-0.39, 0.29) is 16.3 Å². The molecule has 5 N–H and O–H groups in total. The Balaban J connectivity index is 2.35. The number of carbonyl (C=O) groups excluding carboxylic acids is 1. The summed E-state index contributed by atoms with van der Waals surface area (Å²) in [7, 11) is 0. The second-order valence-electron chi connectivity index (χ2n) is 3.88. The third-order valence-electron chi connectivity index (χ3n) is 2.57. The molecule has 0 saturated carbocycles. The van der Waals surface area contributed by atoms with Gasteiger partial charge < -0.3 is 16.8 Å². The van der Waals surface area contributed by atoms with Crippen LogP contribution >= 0.6 is 11.6 Å². The van der Waals surface area contributed by atoms with Crippen LogP contribution in [0.2, 0.25) is 5.02 Å². The van der Waals surface area contributed by atoms with Crippen LogP contribution in [0, 0.1) is 5.82 Å². The molecule has 0 atom stereocenters. The van der Waals surface area contributed by atoms with Crippen molar-refractivity contribution in [3.05, 3.63) is 52.8 Å². The minimum Gasteiger partial charge on any atom is -0.396 e. The zero-order chi connectivity index (χ0) is 14.0. The standard InChI is InChI=1S/C13H11ClFN3O/c14-9-6-7(4-5-10(9)15)18-11-3-1-2-8(12(11)16)13(17)19/h1-6,18H,16H2,(H2,17,19). The second-order valence-corrected chi connectivity index (χ2v) is 4.29. The van der Waals surface area contributed by atoms with Gasteiger partial charge >= 0.3 is 0 Å². The van der Waals surface area contributed by atoms with Crippen molar-refractivity contribution in [2.75, 3.05) is 11.1 Å². The van der Waals surface area contributed by atoms with Crippen molar-refractivity contribution in [2.45, 2.75) is 0 Å². The molecule has 1 amide bonds. The SMILES string of the molecule is NC(=O)c1cccc(Nc2ccc(F)c(Cl)c2)c1N. The van der Waals surface area contributed by atoms with Gasteiger partial charge in [-0.15, -0.1) is 0 Å². The van der Waals surface area contributed by atoms with E-state index >= 15 is 0 Å². The fourth-order valence-corrected chi connectivity index (χ4v) is 1.80. The summed E-state index contributed by atoms with van der Waals surface area (Å²) in [5.74, 6) is -1.12. The van der Waals surface area contributed by atoms with Crippen LogP contribution in [0.1, 0.15) is 10.4 Å². The lowest BCUT2D eigenvalue weighted by molar-refractivity contribution is 0.100. The third kappa shape index (κ3) is 2.77. The van der Waals surface area contributed by atoms with Crippen LogP contribution in [0.4, 0.5) is 21.5 Å². The van der Waals surface area contributed by atoms with E-state index in [9.17, 15) is 9.18 Å². The van der Waals surface area contributed by atoms with Gasteiger partial charge in [-0.1, -0.05) is 17.7 Å². The van der Waals surface area contributed by atoms with Crippen LogP contribution in [0.5, 0.6) is 0 Å². The normalized spacial score (nSPS) is 10.2. The highest BCUT2D eigenvalue weighted by molar-refractivity contribution is 6.31. The zero-order valence-corrected chi connectivity index (χ0v) is 10.5. The van der Waals surface area contributed by atoms with Crippen LogP contribution < -0.4 is 16.8 Å². The molecule has 0 aliphatic rings. The van der Waals surface area contributed by atoms with Crippen molar-refractivity contribution < 1.29 is 9.18 Å². The molecule has 0 fully saturated rings. The van der Waals surface area contributed by atoms with E-state index in [1.165, 1.54) is 24.3 Å². The Hall–Kier alpha value is -2.27. The molecule has 0 aliphatic heterocycles. The Kier molecular flexibility index (Phi) is 3.57. The van der Waals surface area contributed by atoms with Gasteiger partial charge in [0.05, 0.1) is 22.0 Å². The van der Waals surface area contributed by atoms with Crippen LogP contribution in [-0.2, 0) is 0 Å². The molecular formula is C13H11ClFN3O. The Morgan fingerprint density at radius 1 is 1.26 bits per heavy atom. The van der Waals surface area contributed by atoms with Gasteiger partial charge in [0.15, 0.2) is 0 Å². The number of anilines is 3. The molecule has 6 heteroatoms. The molecule has 4 nitrogen and oxygen atoms in total. The fraction of sp³-hybridized carbons (Fsp3) is 0. The Morgan fingerprint density at radius 2 is 2.00 bits per heavy atom. The maximum absolute atomic E-state index is 13.0. The predicted octanol–water partition coefficient (Wildman–Crippen LogP) is 2.90. The average Bonchev–Trinajstić information content (AvgIpc) is 2.36. The summed E-state index contributed by atoms with van der Waals surface area (Å²) < 4.78 is 13.0. The minimum atomic E-state index is -0.613. The molecule has 2 aromatic carbocycles. The molecule has 0 spiro atoms. The maximum Gasteiger partial charge on any atom is 0.250 e. The van der Waals surface area contributed by atoms with Crippen LogP contribution in [0.15, 0.2) is 36.4 Å². The van der Waals surface area contributed by atoms with E-state index in [4.69, 9.17) is 23.1 Å². The van der Waals surface area contributed by atoms with Gasteiger partial charge in [0.1, 0.15) is 5.82 Å². The molecule has 0 saturated heterocycles. The highest BCUT2D eigenvalue weighted by Gasteiger charge is 2.10. The number of primary amides is 1. The number of nitrogen functional groups attached to an aromatic ring is 1. The zero-order valence-electron chi connectivity index (χ0n) is 9.78. The lowest BCUT2D eigenvalue weighted by Crippen LogP contribution is -2.14. The lowest BCUT2D eigenvalue weighted by Gasteiger charge is -2.11. The number of hydrogen-bond acceptors (Lipinski definition) is 3. The monoisotopic (exact) mass is 279 g/mol. The molecule has 0 aromatic heterocycles. The van der Waals surface area contributed by atoms with Gasteiger partial charge in [-0.25, -0.2) is 4.39 Å². The predicted molar refractivity (Wildman–Crippen MR) is 74.1 cm³/mol. The van der Waals surface area contributed by atoms with E-state index in [0.717, 1.165) is 0 Å². The number of amides is 1. The van der Waals surface area contributed by atoms with Crippen molar-refractivity contribution in [2.24, 2.45) is 5.73 Å². The molecule has 0 heterocycles. The first-order valence-electron chi connectivity index (χ1n) is 5.39. The van der Waals surface area contributed by atoms with Crippen molar-refractivity contribution >= 4 is 34.6 Å². The van der Waals surface area contributed by atoms with Gasteiger partial charge in [-0.3, -0.25) is 4.79 Å². The fourth-order valence-electron chi connectivity index (χ4n) is 1.62. The van der Waals surface area contributed by atoms with Crippen LogP contribution in [0.3, 0.4) is 0 Å². The molecule has 19 heavy (non-hydrogen) atoms. The Bertz CT molecular complexity index is 646. The molecule has 2 rings (SSSR count). The average molecular weight is 280 g/mol. The van der Waals surface area contributed by atoms with Crippen molar-refractivity contribution in [1.82, 2.24) is 0 Å². The molecule has 0 unspecified atom stereocenters. The largest absolute Gasteiger partial charge is 0.396 e. The van der Waals surface area contributed by atoms with E-state index < -0.39 is 11.7 Å². The first-order chi connectivity index (χ1) is 8.99. The molecular weight excluding hydrogens is 269 g/mol. The van der Waals surface area contributed by atoms with Crippen LogP contribution in [0.25, 0.3) is 0 Å². The van der Waals surface area contributed by atoms with E-state index in [0.29, 0.717) is 11.4 Å². The number of nitrogens with one attached hydrogen (secondary N) is 1. The Morgan fingerprint density at radius 3 is 2.63 bits per heavy atom. The molecule has 2 aromatic rings. The van der Waals surface area contributed by atoms with Gasteiger partial charge in [0, 0.05) is 5.69 Å². The first-order valence-corrected chi connectivity index (χ1v) is 5.77. The highest BCUT2D eigenvalue weighted by atomic mass is 35.5. The van der Waals surface area contributed by atoms with Gasteiger partial charge in [-0.2, -0.15) is 0 Å². The van der Waals surface area contributed by atoms with E-state index in [1.54, 1.807) is 12.1 Å². The van der Waals surface area contributed by atoms with Gasteiger partial charge in [0.25, 0.3) is 5.91 Å². The topological polar surface area (TPSA) is 81.1 Å². The Labute approximate surface area is 114 Å². The van der Waals surface area contributed by atoms with Crippen molar-refractivity contribution in [1.29, 1.82) is 0 Å². The van der Waals surface area contributed by atoms with Crippen LogP contribution in [-0.4, -0.2) is 5.91 Å². The maximum atomic E-state index is 13.0. The molecule has 98 valence electrons. The number of hydrogen-bond donors (Lipinski definition) is 3. The summed E-state index contributed by atoms with van der Waals surface area (Å²) in [6.45, 7) is 0. The van der Waals surface area contributed by atoms with E-state index in [2.05, 4.69) is 5.32 Å². The van der Waals surface area contributed by atoms with Crippen molar-refractivity contribution in [3.8, 4) is 0 Å². The van der Waals surface area contributed by atoms with Crippen molar-refractivity contribution in [3.63, 3.8) is 0 Å². The molecule has 0 bridgehead atoms. The number of benzene rings is 2. The summed E-state index contributed by atoms with van der Waals surface area (Å²) in [5.41, 5.74) is 12.5. The first kappa shape index (κ1) is 13.2. The summed E-state index contributed by atoms with van der Waals surface area (Å²) in [6.07, 6.45) is 0. The minimum absolute atomic E-state index is 0.00497. The number of rotatable bonds is 3. The second kappa shape index (κ2) is 5.16. The van der Waals surface area contributed by atoms with E-state index in [1.807, 2.05) is 0 Å². The van der Waals surface area contributed by atoms with Gasteiger partial charge in [-0.05, 0) is 30.3 Å². The van der Waals surface area contributed by atoms with Gasteiger partial charge in [0.2, 0.25) is 0 Å². The molecule has 0 radical (unpaired) electrons.